The van der Waals surface area contributed by atoms with E-state index in [-0.39, 0.29) is 71.5 Å². The van der Waals surface area contributed by atoms with Crippen molar-refractivity contribution in [3.63, 3.8) is 0 Å². The van der Waals surface area contributed by atoms with Gasteiger partial charge in [0.2, 0.25) is 0 Å². The zero-order valence-corrected chi connectivity index (χ0v) is 13.9. The zero-order valence-electron chi connectivity index (χ0n) is 6.68. The van der Waals surface area contributed by atoms with Crippen LogP contribution in [-0.4, -0.2) is 20.8 Å². The molecule has 0 saturated carbocycles. The van der Waals surface area contributed by atoms with E-state index < -0.39 is 18.5 Å². The first-order valence-electron chi connectivity index (χ1n) is 2.08. The van der Waals surface area contributed by atoms with Crippen molar-refractivity contribution in [3.05, 3.63) is 0 Å². The van der Waals surface area contributed by atoms with Gasteiger partial charge in [0.05, 0.1) is 0 Å². The minimum Gasteiger partial charge on any atom is -0.649 e. The first-order valence-corrected chi connectivity index (χ1v) is 6.65. The summed E-state index contributed by atoms with van der Waals surface area (Å²) >= 11 is 8.08. The molecule has 4 nitrogen and oxygen atoms in total. The quantitative estimate of drug-likeness (QED) is 0.286. The van der Waals surface area contributed by atoms with Crippen LogP contribution in [0.4, 0.5) is 0 Å². The van der Waals surface area contributed by atoms with Gasteiger partial charge in [0.25, 0.3) is 0 Å². The second-order valence-corrected chi connectivity index (χ2v) is 5.80. The maximum atomic E-state index is 10.2. The van der Waals surface area contributed by atoms with E-state index in [2.05, 4.69) is 27.0 Å². The fourth-order valence-corrected chi connectivity index (χ4v) is 1.22. The van der Waals surface area contributed by atoms with Crippen molar-refractivity contribution < 1.29 is 75.9 Å². The van der Waals surface area contributed by atoms with E-state index in [1.54, 1.807) is 0 Å². The molecule has 0 unspecified atom stereocenters. The molecule has 0 aliphatic heterocycles. The van der Waals surface area contributed by atoms with Crippen LogP contribution in [0.15, 0.2) is 0 Å². The van der Waals surface area contributed by atoms with Crippen LogP contribution < -0.4 is 59.1 Å². The molecule has 0 rings (SSSR count). The van der Waals surface area contributed by atoms with E-state index in [0.29, 0.717) is 0 Å². The van der Waals surface area contributed by atoms with Gasteiger partial charge in [-0.3, -0.25) is 8.42 Å². The third kappa shape index (κ3) is 18.4. The summed E-state index contributed by atoms with van der Waals surface area (Å²) in [6.07, 6.45) is 0. The molecule has 0 atom stereocenters. The van der Waals surface area contributed by atoms with Crippen molar-refractivity contribution in [2.45, 2.75) is 0 Å². The maximum Gasteiger partial charge on any atom is 1.00 e. The van der Waals surface area contributed by atoms with Gasteiger partial charge in [-0.25, -0.2) is 11.2 Å². The van der Waals surface area contributed by atoms with Crippen LogP contribution in [0.5, 0.6) is 0 Å². The van der Waals surface area contributed by atoms with Gasteiger partial charge in [-0.2, -0.15) is 0 Å². The largest absolute Gasteiger partial charge is 1.00 e. The third-order valence-corrected chi connectivity index (χ3v) is 2.33. The van der Waals surface area contributed by atoms with Crippen LogP contribution in [-0.2, 0) is 49.7 Å². The normalized spacial score (nSPS) is 10.2. The molecule has 0 aliphatic carbocycles. The minimum absolute atomic E-state index is 0. The monoisotopic (exact) mass is 266 g/mol. The fraction of sp³-hybridized carbons (Fsp3) is 1.00. The SMILES string of the molecule is O=[S-](=S)OCCS(=O)(=O)[S-].[Na+].[Na+]. The Morgan fingerprint density at radius 3 is 2.08 bits per heavy atom. The van der Waals surface area contributed by atoms with Gasteiger partial charge in [0.15, 0.2) is 0 Å². The van der Waals surface area contributed by atoms with E-state index in [9.17, 15) is 12.6 Å². The molecule has 0 aromatic carbocycles. The van der Waals surface area contributed by atoms with Gasteiger partial charge >= 0.3 is 59.1 Å². The van der Waals surface area contributed by atoms with Crippen molar-refractivity contribution in [3.8, 4) is 0 Å². The van der Waals surface area contributed by atoms with Gasteiger partial charge < -0.3 is 20.1 Å². The molecule has 0 heterocycles. The van der Waals surface area contributed by atoms with E-state index in [4.69, 9.17) is 0 Å². The average Bonchev–Trinajstić information content (AvgIpc) is 1.59. The Morgan fingerprint density at radius 1 is 1.42 bits per heavy atom. The number of hydrogen-bond donors (Lipinski definition) is 0. The molecule has 12 heavy (non-hydrogen) atoms. The Hall–Kier alpha value is 2.63. The summed E-state index contributed by atoms with van der Waals surface area (Å²) in [5.74, 6) is -0.329. The summed E-state index contributed by atoms with van der Waals surface area (Å²) < 4.78 is 34.7. The Bertz CT molecular complexity index is 248. The van der Waals surface area contributed by atoms with Gasteiger partial charge in [-0.1, -0.05) is 9.64 Å². The van der Waals surface area contributed by atoms with E-state index in [1.807, 2.05) is 0 Å². The van der Waals surface area contributed by atoms with Crippen molar-refractivity contribution in [2.75, 3.05) is 12.4 Å². The molecule has 0 aliphatic rings. The number of rotatable bonds is 4. The molecular formula is C2H4Na2O4S4. The van der Waals surface area contributed by atoms with E-state index in [1.165, 1.54) is 0 Å². The fourth-order valence-electron chi connectivity index (χ4n) is 0.204. The third-order valence-electron chi connectivity index (χ3n) is 0.513. The molecule has 0 N–H and O–H groups in total. The van der Waals surface area contributed by atoms with E-state index in [0.717, 1.165) is 0 Å². The molecule has 62 valence electrons. The Labute approximate surface area is 127 Å². The van der Waals surface area contributed by atoms with E-state index >= 15 is 0 Å². The van der Waals surface area contributed by atoms with Crippen LogP contribution in [0.25, 0.3) is 0 Å². The molecular weight excluding hydrogens is 262 g/mol. The molecule has 0 fully saturated rings. The van der Waals surface area contributed by atoms with Gasteiger partial charge in [-0.15, -0.1) is 0 Å². The summed E-state index contributed by atoms with van der Waals surface area (Å²) in [4.78, 5) is 0. The van der Waals surface area contributed by atoms with Crippen LogP contribution in [0.1, 0.15) is 0 Å². The van der Waals surface area contributed by atoms with Crippen molar-refractivity contribution in [1.29, 1.82) is 0 Å². The van der Waals surface area contributed by atoms with Crippen LogP contribution >= 0.6 is 0 Å². The minimum atomic E-state index is -3.44. The molecule has 0 bridgehead atoms. The molecule has 0 aromatic heterocycles. The van der Waals surface area contributed by atoms with Gasteiger partial charge in [0, 0.05) is 21.2 Å². The summed E-state index contributed by atoms with van der Waals surface area (Å²) in [5.41, 5.74) is 0. The maximum absolute atomic E-state index is 10.2. The summed E-state index contributed by atoms with van der Waals surface area (Å²) in [6, 6.07) is 0. The average molecular weight is 266 g/mol. The topological polar surface area (TPSA) is 60.4 Å². The molecule has 0 saturated heterocycles. The van der Waals surface area contributed by atoms with Gasteiger partial charge in [-0.05, 0) is 0 Å². The number of hydrogen-bond acceptors (Lipinski definition) is 7. The Morgan fingerprint density at radius 2 is 1.83 bits per heavy atom. The summed E-state index contributed by atoms with van der Waals surface area (Å²) in [5, 5.41) is 0. The Balaban J connectivity index is -0.000000405. The van der Waals surface area contributed by atoms with Crippen LogP contribution in [0, 0.1) is 0 Å². The molecule has 10 heteroatoms. The van der Waals surface area contributed by atoms with Crippen molar-refractivity contribution in [1.82, 2.24) is 0 Å². The zero-order chi connectivity index (χ0) is 8.20. The predicted octanol–water partition coefficient (Wildman–Crippen LogP) is -6.77. The summed E-state index contributed by atoms with van der Waals surface area (Å²) in [7, 11) is -5.27. The predicted molar refractivity (Wildman–Crippen MR) is 42.5 cm³/mol. The molecule has 0 radical (unpaired) electrons. The smallest absolute Gasteiger partial charge is 0.649 e. The van der Waals surface area contributed by atoms with Crippen LogP contribution in [0.3, 0.4) is 0 Å². The second kappa shape index (κ2) is 10.2. The summed E-state index contributed by atoms with van der Waals surface area (Å²) in [6.45, 7) is -0.206. The second-order valence-electron chi connectivity index (χ2n) is 1.29. The standard InChI is InChI=1S/C2H5O4S4.2Na/c3-9(7)6-1-2-10(4,5)8;;/h1-2H2,(H,4,5,8);;/q-1;2*+1/p-1. The first kappa shape index (κ1) is 20.1. The van der Waals surface area contributed by atoms with Gasteiger partial charge in [0.1, 0.15) is 0 Å². The first-order chi connectivity index (χ1) is 4.42. The molecule has 0 amide bonds. The molecule has 0 aromatic rings. The Kier molecular flexibility index (Phi) is 17.0. The van der Waals surface area contributed by atoms with Crippen molar-refractivity contribution in [2.24, 2.45) is 0 Å². The molecule has 0 spiro atoms. The van der Waals surface area contributed by atoms with Crippen molar-refractivity contribution >= 4 is 41.4 Å². The van der Waals surface area contributed by atoms with Crippen LogP contribution in [0.2, 0.25) is 0 Å².